The lowest BCUT2D eigenvalue weighted by Gasteiger charge is -2.12. The number of hydrogen-bond donors (Lipinski definition) is 1. The van der Waals surface area contributed by atoms with Gasteiger partial charge in [-0.05, 0) is 11.2 Å². The summed E-state index contributed by atoms with van der Waals surface area (Å²) in [6.45, 7) is 5.03. The summed E-state index contributed by atoms with van der Waals surface area (Å²) < 4.78 is 11.7. The molecule has 0 fully saturated rings. The summed E-state index contributed by atoms with van der Waals surface area (Å²) in [6.07, 6.45) is 0. The fourth-order valence-corrected chi connectivity index (χ4v) is 2.35. The molecule has 1 aromatic carbocycles. The van der Waals surface area contributed by atoms with Crippen LogP contribution in [-0.4, -0.2) is 22.9 Å². The lowest BCUT2D eigenvalue weighted by Crippen LogP contribution is -2.29. The number of rotatable bonds is 6. The van der Waals surface area contributed by atoms with Gasteiger partial charge in [-0.3, -0.25) is 0 Å². The van der Waals surface area contributed by atoms with Gasteiger partial charge in [0.25, 0.3) is 0 Å². The molecule has 0 bridgehead atoms. The van der Waals surface area contributed by atoms with Crippen molar-refractivity contribution in [2.45, 2.75) is 25.6 Å². The molecule has 0 radical (unpaired) electrons. The Labute approximate surface area is 95.3 Å². The minimum Gasteiger partial charge on any atom is -0.616 e. The van der Waals surface area contributed by atoms with Crippen LogP contribution in [-0.2, 0) is 16.9 Å². The van der Waals surface area contributed by atoms with Crippen LogP contribution in [0.15, 0.2) is 30.3 Å². The van der Waals surface area contributed by atoms with Gasteiger partial charge in [-0.25, -0.2) is 0 Å². The average molecular weight is 225 g/mol. The van der Waals surface area contributed by atoms with Gasteiger partial charge in [-0.15, -0.1) is 0 Å². The van der Waals surface area contributed by atoms with Crippen molar-refractivity contribution in [3.63, 3.8) is 0 Å². The Morgan fingerprint density at radius 3 is 2.53 bits per heavy atom. The van der Waals surface area contributed by atoms with E-state index in [9.17, 15) is 4.55 Å². The Kier molecular flexibility index (Phi) is 5.76. The second kappa shape index (κ2) is 6.88. The molecule has 0 spiro atoms. The molecular weight excluding hydrogens is 206 g/mol. The minimum absolute atomic E-state index is 0.471. The summed E-state index contributed by atoms with van der Waals surface area (Å²) >= 11 is -0.750. The van der Waals surface area contributed by atoms with Crippen LogP contribution in [0.4, 0.5) is 0 Å². The average Bonchev–Trinajstić information content (AvgIpc) is 2.18. The van der Waals surface area contributed by atoms with E-state index in [0.717, 1.165) is 17.9 Å². The first kappa shape index (κ1) is 12.6. The highest BCUT2D eigenvalue weighted by molar-refractivity contribution is 7.90. The van der Waals surface area contributed by atoms with Gasteiger partial charge in [-0.2, -0.15) is 0 Å². The molecule has 0 amide bonds. The van der Waals surface area contributed by atoms with Crippen LogP contribution in [0.25, 0.3) is 0 Å². The standard InChI is InChI=1S/C12H19NOS/c1-11(2)13-8-9-15(14)10-12-6-4-3-5-7-12/h3-7,11,13H,8-10H2,1-2H3. The number of hydrogen-bond acceptors (Lipinski definition) is 2. The molecule has 1 atom stereocenters. The smallest absolute Gasteiger partial charge is 0.130 e. The van der Waals surface area contributed by atoms with E-state index in [1.165, 1.54) is 0 Å². The summed E-state index contributed by atoms with van der Waals surface area (Å²) in [5, 5.41) is 3.27. The van der Waals surface area contributed by atoms with Gasteiger partial charge in [-0.1, -0.05) is 44.2 Å². The Morgan fingerprint density at radius 2 is 1.93 bits per heavy atom. The molecule has 0 aliphatic rings. The third kappa shape index (κ3) is 5.82. The monoisotopic (exact) mass is 225 g/mol. The van der Waals surface area contributed by atoms with Gasteiger partial charge >= 0.3 is 0 Å². The van der Waals surface area contributed by atoms with Crippen molar-refractivity contribution in [1.82, 2.24) is 5.32 Å². The van der Waals surface area contributed by atoms with Crippen molar-refractivity contribution < 1.29 is 4.55 Å². The van der Waals surface area contributed by atoms with E-state index in [4.69, 9.17) is 0 Å². The van der Waals surface area contributed by atoms with Crippen molar-refractivity contribution >= 4 is 11.2 Å². The van der Waals surface area contributed by atoms with E-state index in [2.05, 4.69) is 19.2 Å². The lowest BCUT2D eigenvalue weighted by atomic mass is 10.2. The normalized spacial score (nSPS) is 13.1. The maximum atomic E-state index is 11.7. The van der Waals surface area contributed by atoms with Crippen molar-refractivity contribution in [2.24, 2.45) is 0 Å². The molecule has 1 unspecified atom stereocenters. The molecule has 1 rings (SSSR count). The highest BCUT2D eigenvalue weighted by Crippen LogP contribution is 2.05. The van der Waals surface area contributed by atoms with Crippen LogP contribution in [0.2, 0.25) is 0 Å². The summed E-state index contributed by atoms with van der Waals surface area (Å²) in [5.74, 6) is 1.40. The second-order valence-corrected chi connectivity index (χ2v) is 5.46. The zero-order valence-electron chi connectivity index (χ0n) is 9.40. The second-order valence-electron chi connectivity index (χ2n) is 3.88. The van der Waals surface area contributed by atoms with Gasteiger partial charge in [0.2, 0.25) is 0 Å². The molecule has 0 saturated carbocycles. The van der Waals surface area contributed by atoms with E-state index >= 15 is 0 Å². The van der Waals surface area contributed by atoms with Crippen LogP contribution in [0.3, 0.4) is 0 Å². The molecule has 0 aliphatic carbocycles. The van der Waals surface area contributed by atoms with Crippen LogP contribution < -0.4 is 5.32 Å². The van der Waals surface area contributed by atoms with E-state index < -0.39 is 11.2 Å². The number of benzene rings is 1. The molecular formula is C12H19NOS. The molecule has 0 saturated heterocycles. The first-order valence-corrected chi connectivity index (χ1v) is 6.79. The van der Waals surface area contributed by atoms with E-state index in [0.29, 0.717) is 11.8 Å². The Balaban J connectivity index is 2.21. The largest absolute Gasteiger partial charge is 0.616 e. The molecule has 1 aromatic rings. The SMILES string of the molecule is CC(C)NCC[S+]([O-])Cc1ccccc1. The summed E-state index contributed by atoms with van der Waals surface area (Å²) in [7, 11) is 0. The molecule has 84 valence electrons. The topological polar surface area (TPSA) is 35.1 Å². The Morgan fingerprint density at radius 1 is 1.27 bits per heavy atom. The van der Waals surface area contributed by atoms with E-state index in [-0.39, 0.29) is 0 Å². The first-order chi connectivity index (χ1) is 7.18. The Hall–Kier alpha value is -0.510. The lowest BCUT2D eigenvalue weighted by molar-refractivity contribution is 0.576. The maximum Gasteiger partial charge on any atom is 0.130 e. The highest BCUT2D eigenvalue weighted by atomic mass is 32.2. The third-order valence-corrected chi connectivity index (χ3v) is 3.37. The fourth-order valence-electron chi connectivity index (χ4n) is 1.29. The van der Waals surface area contributed by atoms with Crippen LogP contribution >= 0.6 is 0 Å². The Bertz CT molecular complexity index is 264. The van der Waals surface area contributed by atoms with Gasteiger partial charge in [0.15, 0.2) is 0 Å². The van der Waals surface area contributed by atoms with Crippen molar-refractivity contribution in [3.8, 4) is 0 Å². The van der Waals surface area contributed by atoms with E-state index in [1.807, 2.05) is 30.3 Å². The highest BCUT2D eigenvalue weighted by Gasteiger charge is 2.06. The molecule has 3 heteroatoms. The predicted octanol–water partition coefficient (Wildman–Crippen LogP) is 1.93. The van der Waals surface area contributed by atoms with Gasteiger partial charge in [0, 0.05) is 18.2 Å². The van der Waals surface area contributed by atoms with Gasteiger partial charge in [0.1, 0.15) is 11.5 Å². The minimum atomic E-state index is -0.750. The zero-order valence-corrected chi connectivity index (χ0v) is 10.2. The quantitative estimate of drug-likeness (QED) is 0.751. The first-order valence-electron chi connectivity index (χ1n) is 5.31. The molecule has 0 aromatic heterocycles. The zero-order chi connectivity index (χ0) is 11.1. The molecule has 0 aliphatic heterocycles. The van der Waals surface area contributed by atoms with Gasteiger partial charge in [0.05, 0.1) is 0 Å². The molecule has 2 nitrogen and oxygen atoms in total. The van der Waals surface area contributed by atoms with E-state index in [1.54, 1.807) is 0 Å². The van der Waals surface area contributed by atoms with Gasteiger partial charge < -0.3 is 9.87 Å². The summed E-state index contributed by atoms with van der Waals surface area (Å²) in [5.41, 5.74) is 1.15. The third-order valence-electron chi connectivity index (χ3n) is 2.05. The van der Waals surface area contributed by atoms with Crippen molar-refractivity contribution in [1.29, 1.82) is 0 Å². The number of nitrogens with one attached hydrogen (secondary N) is 1. The predicted molar refractivity (Wildman–Crippen MR) is 66.3 cm³/mol. The van der Waals surface area contributed by atoms with Crippen LogP contribution in [0.5, 0.6) is 0 Å². The summed E-state index contributed by atoms with van der Waals surface area (Å²) in [6, 6.07) is 10.5. The van der Waals surface area contributed by atoms with Crippen LogP contribution in [0, 0.1) is 0 Å². The van der Waals surface area contributed by atoms with Crippen molar-refractivity contribution in [3.05, 3.63) is 35.9 Å². The molecule has 15 heavy (non-hydrogen) atoms. The molecule has 0 heterocycles. The van der Waals surface area contributed by atoms with Crippen molar-refractivity contribution in [2.75, 3.05) is 12.3 Å². The fraction of sp³-hybridized carbons (Fsp3) is 0.500. The van der Waals surface area contributed by atoms with Crippen LogP contribution in [0.1, 0.15) is 19.4 Å². The summed E-state index contributed by atoms with van der Waals surface area (Å²) in [4.78, 5) is 0. The maximum absolute atomic E-state index is 11.7. The molecule has 1 N–H and O–H groups in total.